The second-order valence-corrected chi connectivity index (χ2v) is 11.7. The molecule has 0 fully saturated rings. The standard InChI is InChI=1S/C43H34N2/c1-31-17-11-16-28-40(31)45(35-22-9-4-10-23-35)42-30-32-29-41(44(33-18-5-2-6-19-33)34-20-7-3-8-21-34)36-24-12-14-26-38(36)43(32)39-27-15-13-25-37(39)42/h2,4-7,9-30H,3,8H2,1H3. The predicted molar refractivity (Wildman–Crippen MR) is 193 cm³/mol. The molecule has 7 aromatic carbocycles. The average molecular weight is 579 g/mol. The summed E-state index contributed by atoms with van der Waals surface area (Å²) in [6.07, 6.45) is 9.05. The van der Waals surface area contributed by atoms with Gasteiger partial charge in [-0.2, -0.15) is 0 Å². The molecule has 0 spiro atoms. The molecule has 0 radical (unpaired) electrons. The molecule has 0 heterocycles. The van der Waals surface area contributed by atoms with Crippen LogP contribution in [0.15, 0.2) is 170 Å². The van der Waals surface area contributed by atoms with E-state index < -0.39 is 0 Å². The van der Waals surface area contributed by atoms with Gasteiger partial charge in [0.05, 0.1) is 11.4 Å². The van der Waals surface area contributed by atoms with Crippen molar-refractivity contribution < 1.29 is 0 Å². The summed E-state index contributed by atoms with van der Waals surface area (Å²) in [7, 11) is 0. The second kappa shape index (κ2) is 11.5. The number of hydrogen-bond donors (Lipinski definition) is 0. The first kappa shape index (κ1) is 27.0. The molecule has 0 unspecified atom stereocenters. The molecule has 2 heteroatoms. The van der Waals surface area contributed by atoms with Crippen LogP contribution in [-0.4, -0.2) is 0 Å². The zero-order valence-electron chi connectivity index (χ0n) is 25.4. The molecule has 7 aromatic rings. The van der Waals surface area contributed by atoms with Gasteiger partial charge in [-0.05, 0) is 95.4 Å². The number of benzene rings is 7. The van der Waals surface area contributed by atoms with Gasteiger partial charge in [-0.1, -0.05) is 115 Å². The maximum absolute atomic E-state index is 2.43. The van der Waals surface area contributed by atoms with Crippen molar-refractivity contribution in [3.8, 4) is 0 Å². The van der Waals surface area contributed by atoms with Gasteiger partial charge in [0.15, 0.2) is 0 Å². The van der Waals surface area contributed by atoms with Crippen LogP contribution in [0, 0.1) is 6.92 Å². The Balaban J connectivity index is 1.48. The summed E-state index contributed by atoms with van der Waals surface area (Å²) >= 11 is 0. The summed E-state index contributed by atoms with van der Waals surface area (Å²) in [5.41, 5.74) is 8.28. The highest BCUT2D eigenvalue weighted by molar-refractivity contribution is 6.26. The Kier molecular flexibility index (Phi) is 6.88. The number of nitrogens with zero attached hydrogens (tertiary/aromatic N) is 2. The van der Waals surface area contributed by atoms with E-state index in [4.69, 9.17) is 0 Å². The lowest BCUT2D eigenvalue weighted by Crippen LogP contribution is -2.16. The van der Waals surface area contributed by atoms with Gasteiger partial charge in [-0.25, -0.2) is 0 Å². The Morgan fingerprint density at radius 3 is 1.56 bits per heavy atom. The molecule has 0 saturated heterocycles. The van der Waals surface area contributed by atoms with Crippen LogP contribution in [0.1, 0.15) is 18.4 Å². The van der Waals surface area contributed by atoms with E-state index in [-0.39, 0.29) is 0 Å². The van der Waals surface area contributed by atoms with Gasteiger partial charge in [0.1, 0.15) is 0 Å². The van der Waals surface area contributed by atoms with Crippen molar-refractivity contribution in [1.29, 1.82) is 0 Å². The minimum atomic E-state index is 1.04. The van der Waals surface area contributed by atoms with Gasteiger partial charge in [-0.15, -0.1) is 0 Å². The molecule has 45 heavy (non-hydrogen) atoms. The third-order valence-electron chi connectivity index (χ3n) is 8.92. The van der Waals surface area contributed by atoms with E-state index in [0.29, 0.717) is 0 Å². The first-order chi connectivity index (χ1) is 22.3. The molecule has 2 nitrogen and oxygen atoms in total. The monoisotopic (exact) mass is 578 g/mol. The van der Waals surface area contributed by atoms with Gasteiger partial charge in [0.25, 0.3) is 0 Å². The van der Waals surface area contributed by atoms with E-state index in [0.717, 1.165) is 24.2 Å². The maximum Gasteiger partial charge on any atom is 0.0546 e. The van der Waals surface area contributed by atoms with Crippen LogP contribution in [0.2, 0.25) is 0 Å². The van der Waals surface area contributed by atoms with Crippen LogP contribution in [0.4, 0.5) is 28.4 Å². The number of rotatable bonds is 6. The molecule has 216 valence electrons. The second-order valence-electron chi connectivity index (χ2n) is 11.7. The van der Waals surface area contributed by atoms with Crippen molar-refractivity contribution in [2.75, 3.05) is 9.80 Å². The molecule has 0 aromatic heterocycles. The van der Waals surface area contributed by atoms with E-state index >= 15 is 0 Å². The molecular formula is C43H34N2. The van der Waals surface area contributed by atoms with E-state index in [1.807, 2.05) is 0 Å². The molecule has 8 rings (SSSR count). The Bertz CT molecular complexity index is 2230. The quantitative estimate of drug-likeness (QED) is 0.181. The Hall–Kier alpha value is -5.60. The van der Waals surface area contributed by atoms with E-state index in [1.165, 1.54) is 60.6 Å². The fourth-order valence-electron chi connectivity index (χ4n) is 6.88. The lowest BCUT2D eigenvalue weighted by Gasteiger charge is -2.31. The average Bonchev–Trinajstić information content (AvgIpc) is 3.11. The van der Waals surface area contributed by atoms with Gasteiger partial charge in [-0.3, -0.25) is 0 Å². The number of aryl methyl sites for hydroxylation is 1. The number of para-hydroxylation sites is 3. The SMILES string of the molecule is Cc1ccccc1N(c1ccccc1)c1cc2cc(N(C3=CCCC=C3)c3ccccc3)c3ccccc3c2c2ccccc12. The van der Waals surface area contributed by atoms with Gasteiger partial charge < -0.3 is 9.80 Å². The molecule has 0 amide bonds. The van der Waals surface area contributed by atoms with Crippen LogP contribution in [0.5, 0.6) is 0 Å². The minimum Gasteiger partial charge on any atom is -0.310 e. The fourth-order valence-corrected chi connectivity index (χ4v) is 6.88. The number of hydrogen-bond acceptors (Lipinski definition) is 2. The summed E-state index contributed by atoms with van der Waals surface area (Å²) in [5.74, 6) is 0. The Morgan fingerprint density at radius 1 is 0.467 bits per heavy atom. The van der Waals surface area contributed by atoms with Crippen molar-refractivity contribution in [3.63, 3.8) is 0 Å². The largest absolute Gasteiger partial charge is 0.310 e. The molecule has 0 saturated carbocycles. The zero-order valence-corrected chi connectivity index (χ0v) is 25.4. The molecule has 0 aliphatic heterocycles. The van der Waals surface area contributed by atoms with E-state index in [2.05, 4.69) is 181 Å². The number of fused-ring (bicyclic) bond motifs is 5. The Morgan fingerprint density at radius 2 is 0.978 bits per heavy atom. The number of allylic oxidation sites excluding steroid dienone is 3. The third-order valence-corrected chi connectivity index (χ3v) is 8.92. The normalized spacial score (nSPS) is 12.9. The topological polar surface area (TPSA) is 6.48 Å². The van der Waals surface area contributed by atoms with Gasteiger partial charge >= 0.3 is 0 Å². The summed E-state index contributed by atoms with van der Waals surface area (Å²) in [6, 6.07) is 52.8. The molecule has 0 atom stereocenters. The van der Waals surface area contributed by atoms with Crippen molar-refractivity contribution >= 4 is 60.8 Å². The maximum atomic E-state index is 2.43. The highest BCUT2D eigenvalue weighted by Gasteiger charge is 2.22. The third kappa shape index (κ3) is 4.76. The highest BCUT2D eigenvalue weighted by atomic mass is 15.2. The van der Waals surface area contributed by atoms with E-state index in [9.17, 15) is 0 Å². The fraction of sp³-hybridized carbons (Fsp3) is 0.0698. The minimum absolute atomic E-state index is 1.04. The van der Waals surface area contributed by atoms with Crippen molar-refractivity contribution in [3.05, 3.63) is 175 Å². The van der Waals surface area contributed by atoms with Crippen molar-refractivity contribution in [1.82, 2.24) is 0 Å². The lowest BCUT2D eigenvalue weighted by molar-refractivity contribution is 0.998. The van der Waals surface area contributed by atoms with Crippen molar-refractivity contribution in [2.45, 2.75) is 19.8 Å². The summed E-state index contributed by atoms with van der Waals surface area (Å²) in [5, 5.41) is 7.49. The summed E-state index contributed by atoms with van der Waals surface area (Å²) in [4.78, 5) is 4.86. The smallest absolute Gasteiger partial charge is 0.0546 e. The van der Waals surface area contributed by atoms with Crippen molar-refractivity contribution in [2.24, 2.45) is 0 Å². The van der Waals surface area contributed by atoms with Gasteiger partial charge in [0.2, 0.25) is 0 Å². The molecule has 1 aliphatic rings. The highest BCUT2D eigenvalue weighted by Crippen LogP contribution is 2.47. The zero-order chi connectivity index (χ0) is 30.2. The summed E-state index contributed by atoms with van der Waals surface area (Å²) < 4.78 is 0. The van der Waals surface area contributed by atoms with Crippen LogP contribution in [0.3, 0.4) is 0 Å². The molecule has 0 N–H and O–H groups in total. The predicted octanol–water partition coefficient (Wildman–Crippen LogP) is 12.3. The van der Waals surface area contributed by atoms with E-state index in [1.54, 1.807) is 0 Å². The van der Waals surface area contributed by atoms with Crippen LogP contribution in [-0.2, 0) is 0 Å². The Labute approximate surface area is 264 Å². The molecular weight excluding hydrogens is 544 g/mol. The first-order valence-corrected chi connectivity index (χ1v) is 15.8. The summed E-state index contributed by atoms with van der Waals surface area (Å²) in [6.45, 7) is 2.20. The number of anilines is 5. The lowest BCUT2D eigenvalue weighted by atomic mass is 9.92. The van der Waals surface area contributed by atoms with Crippen LogP contribution in [0.25, 0.3) is 32.3 Å². The molecule has 0 bridgehead atoms. The van der Waals surface area contributed by atoms with Crippen LogP contribution < -0.4 is 9.80 Å². The first-order valence-electron chi connectivity index (χ1n) is 15.8. The molecule has 1 aliphatic carbocycles. The van der Waals surface area contributed by atoms with Gasteiger partial charge in [0, 0.05) is 33.5 Å². The van der Waals surface area contributed by atoms with Crippen LogP contribution >= 0.6 is 0 Å².